The maximum absolute atomic E-state index is 11.8. The summed E-state index contributed by atoms with van der Waals surface area (Å²) in [6, 6.07) is 12.4. The smallest absolute Gasteiger partial charge is 0.331 e. The molecule has 0 aliphatic rings. The minimum atomic E-state index is -0.714. The number of nitrogens with one attached hydrogen (secondary N) is 2. The van der Waals surface area contributed by atoms with Gasteiger partial charge in [-0.15, -0.1) is 0 Å². The number of carbonyl (C=O) groups excluding carboxylic acids is 3. The topological polar surface area (TPSA) is 84.5 Å². The lowest BCUT2D eigenvalue weighted by molar-refractivity contribution is -0.143. The van der Waals surface area contributed by atoms with Gasteiger partial charge in [0.2, 0.25) is 0 Å². The second kappa shape index (κ2) is 9.33. The molecule has 6 nitrogen and oxygen atoms in total. The Bertz CT molecular complexity index is 870. The lowest BCUT2D eigenvalue weighted by atomic mass is 10.1. The second-order valence-corrected chi connectivity index (χ2v) is 6.17. The maximum Gasteiger partial charge on any atom is 0.331 e. The molecule has 0 saturated carbocycles. The molecule has 0 saturated heterocycles. The Labute approximate surface area is 158 Å². The Morgan fingerprint density at radius 1 is 0.963 bits per heavy atom. The zero-order chi connectivity index (χ0) is 19.8. The van der Waals surface area contributed by atoms with Gasteiger partial charge in [-0.1, -0.05) is 47.5 Å². The molecule has 0 bridgehead atoms. The van der Waals surface area contributed by atoms with Crippen molar-refractivity contribution in [3.05, 3.63) is 70.8 Å². The van der Waals surface area contributed by atoms with E-state index in [-0.39, 0.29) is 0 Å². The summed E-state index contributed by atoms with van der Waals surface area (Å²) in [4.78, 5) is 35.2. The van der Waals surface area contributed by atoms with Crippen molar-refractivity contribution >= 4 is 29.7 Å². The van der Waals surface area contributed by atoms with Crippen LogP contribution < -0.4 is 10.6 Å². The van der Waals surface area contributed by atoms with E-state index in [0.29, 0.717) is 5.69 Å². The Morgan fingerprint density at radius 3 is 2.30 bits per heavy atom. The van der Waals surface area contributed by atoms with Crippen LogP contribution in [-0.4, -0.2) is 24.5 Å². The molecule has 6 heteroatoms. The van der Waals surface area contributed by atoms with Gasteiger partial charge in [0.25, 0.3) is 5.91 Å². The Morgan fingerprint density at radius 2 is 1.63 bits per heavy atom. The predicted octanol–water partition coefficient (Wildman–Crippen LogP) is 3.52. The van der Waals surface area contributed by atoms with Gasteiger partial charge in [-0.2, -0.15) is 0 Å². The van der Waals surface area contributed by atoms with Gasteiger partial charge in [0, 0.05) is 11.8 Å². The van der Waals surface area contributed by atoms with Crippen LogP contribution >= 0.6 is 0 Å². The van der Waals surface area contributed by atoms with Crippen molar-refractivity contribution < 1.29 is 19.1 Å². The molecule has 2 aromatic carbocycles. The van der Waals surface area contributed by atoms with Crippen LogP contribution in [0.15, 0.2) is 48.5 Å². The molecule has 2 N–H and O–H groups in total. The molecule has 0 heterocycles. The zero-order valence-corrected chi connectivity index (χ0v) is 15.5. The third kappa shape index (κ3) is 6.78. The summed E-state index contributed by atoms with van der Waals surface area (Å²) >= 11 is 0. The largest absolute Gasteiger partial charge is 0.452 e. The SMILES string of the molecule is Cc1ccc(/C=C/C(=O)OCC(=O)NC(=O)Nc2ccc(C)cc2C)cc1. The van der Waals surface area contributed by atoms with E-state index in [9.17, 15) is 14.4 Å². The molecule has 0 fully saturated rings. The monoisotopic (exact) mass is 366 g/mol. The standard InChI is InChI=1S/C21H22N2O4/c1-14-4-7-17(8-5-14)9-11-20(25)27-13-19(24)23-21(26)22-18-10-6-15(2)12-16(18)3/h4-12H,13H2,1-3H3,(H2,22,23,24,26)/b11-9+. The number of imide groups is 1. The minimum absolute atomic E-state index is 0.544. The fraction of sp³-hybridized carbons (Fsp3) is 0.190. The molecule has 0 aliphatic carbocycles. The summed E-state index contributed by atoms with van der Waals surface area (Å²) in [5.41, 5.74) is 4.51. The number of amides is 3. The van der Waals surface area contributed by atoms with E-state index in [1.54, 1.807) is 12.1 Å². The number of urea groups is 1. The minimum Gasteiger partial charge on any atom is -0.452 e. The number of benzene rings is 2. The maximum atomic E-state index is 11.8. The van der Waals surface area contributed by atoms with E-state index >= 15 is 0 Å². The van der Waals surface area contributed by atoms with E-state index < -0.39 is 24.5 Å². The van der Waals surface area contributed by atoms with E-state index in [4.69, 9.17) is 4.74 Å². The number of rotatable bonds is 5. The highest BCUT2D eigenvalue weighted by atomic mass is 16.5. The predicted molar refractivity (Wildman–Crippen MR) is 104 cm³/mol. The van der Waals surface area contributed by atoms with Crippen LogP contribution in [0.2, 0.25) is 0 Å². The van der Waals surface area contributed by atoms with Crippen LogP contribution in [0.1, 0.15) is 22.3 Å². The van der Waals surface area contributed by atoms with Gasteiger partial charge in [-0.3, -0.25) is 10.1 Å². The summed E-state index contributed by atoms with van der Waals surface area (Å²) in [5, 5.41) is 4.70. The van der Waals surface area contributed by atoms with E-state index in [1.165, 1.54) is 6.08 Å². The first-order valence-corrected chi connectivity index (χ1v) is 8.43. The van der Waals surface area contributed by atoms with Gasteiger partial charge in [0.15, 0.2) is 6.61 Å². The average molecular weight is 366 g/mol. The summed E-state index contributed by atoms with van der Waals surface area (Å²) < 4.78 is 4.82. The van der Waals surface area contributed by atoms with Gasteiger partial charge in [0.1, 0.15) is 0 Å². The third-order valence-corrected chi connectivity index (χ3v) is 3.72. The molecule has 27 heavy (non-hydrogen) atoms. The lowest BCUT2D eigenvalue weighted by Gasteiger charge is -2.09. The van der Waals surface area contributed by atoms with Crippen LogP contribution in [0.25, 0.3) is 6.08 Å². The molecule has 0 unspecified atom stereocenters. The van der Waals surface area contributed by atoms with Crippen molar-refractivity contribution in [2.75, 3.05) is 11.9 Å². The molecular formula is C21H22N2O4. The van der Waals surface area contributed by atoms with Gasteiger partial charge >= 0.3 is 12.0 Å². The summed E-state index contributed by atoms with van der Waals surface area (Å²) in [5.74, 6) is -1.38. The van der Waals surface area contributed by atoms with Gasteiger partial charge < -0.3 is 10.1 Å². The number of carbonyl (C=O) groups is 3. The highest BCUT2D eigenvalue weighted by Gasteiger charge is 2.11. The Balaban J connectivity index is 1.77. The molecule has 0 aliphatic heterocycles. The number of hydrogen-bond donors (Lipinski definition) is 2. The molecular weight excluding hydrogens is 344 g/mol. The molecule has 3 amide bonds. The van der Waals surface area contributed by atoms with Crippen LogP contribution in [0.4, 0.5) is 10.5 Å². The number of ether oxygens (including phenoxy) is 1. The van der Waals surface area contributed by atoms with Crippen molar-refractivity contribution in [1.82, 2.24) is 5.32 Å². The van der Waals surface area contributed by atoms with Crippen molar-refractivity contribution in [2.45, 2.75) is 20.8 Å². The summed E-state index contributed by atoms with van der Waals surface area (Å²) in [6.07, 6.45) is 2.82. The Hall–Kier alpha value is -3.41. The van der Waals surface area contributed by atoms with Crippen LogP contribution in [0, 0.1) is 20.8 Å². The quantitative estimate of drug-likeness (QED) is 0.626. The third-order valence-electron chi connectivity index (χ3n) is 3.72. The fourth-order valence-corrected chi connectivity index (χ4v) is 2.30. The number of hydrogen-bond acceptors (Lipinski definition) is 4. The molecule has 140 valence electrons. The Kier molecular flexibility index (Phi) is 6.88. The van der Waals surface area contributed by atoms with Crippen LogP contribution in [0.3, 0.4) is 0 Å². The van der Waals surface area contributed by atoms with Gasteiger partial charge in [-0.25, -0.2) is 9.59 Å². The van der Waals surface area contributed by atoms with Crippen LogP contribution in [-0.2, 0) is 14.3 Å². The van der Waals surface area contributed by atoms with Gasteiger partial charge in [0.05, 0.1) is 0 Å². The van der Waals surface area contributed by atoms with Crippen molar-refractivity contribution in [3.63, 3.8) is 0 Å². The average Bonchev–Trinajstić information content (AvgIpc) is 2.62. The summed E-state index contributed by atoms with van der Waals surface area (Å²) in [6.45, 7) is 5.22. The lowest BCUT2D eigenvalue weighted by Crippen LogP contribution is -2.37. The molecule has 0 aromatic heterocycles. The number of aryl methyl sites for hydroxylation is 3. The van der Waals surface area contributed by atoms with Crippen molar-refractivity contribution in [1.29, 1.82) is 0 Å². The highest BCUT2D eigenvalue weighted by molar-refractivity contribution is 6.02. The molecule has 0 atom stereocenters. The number of anilines is 1. The first kappa shape index (κ1) is 19.9. The normalized spacial score (nSPS) is 10.5. The van der Waals surface area contributed by atoms with E-state index in [2.05, 4.69) is 10.6 Å². The number of esters is 1. The van der Waals surface area contributed by atoms with Gasteiger partial charge in [-0.05, 0) is 44.0 Å². The van der Waals surface area contributed by atoms with E-state index in [1.807, 2.05) is 57.2 Å². The van der Waals surface area contributed by atoms with Crippen molar-refractivity contribution in [2.24, 2.45) is 0 Å². The molecule has 0 spiro atoms. The first-order chi connectivity index (χ1) is 12.8. The summed E-state index contributed by atoms with van der Waals surface area (Å²) in [7, 11) is 0. The van der Waals surface area contributed by atoms with Crippen LogP contribution in [0.5, 0.6) is 0 Å². The zero-order valence-electron chi connectivity index (χ0n) is 15.5. The van der Waals surface area contributed by atoms with Crippen molar-refractivity contribution in [3.8, 4) is 0 Å². The molecule has 2 aromatic rings. The fourth-order valence-electron chi connectivity index (χ4n) is 2.30. The second-order valence-electron chi connectivity index (χ2n) is 6.17. The highest BCUT2D eigenvalue weighted by Crippen LogP contribution is 2.15. The van der Waals surface area contributed by atoms with E-state index in [0.717, 1.165) is 22.3 Å². The molecule has 0 radical (unpaired) electrons. The molecule has 2 rings (SSSR count). The first-order valence-electron chi connectivity index (χ1n) is 8.43.